The van der Waals surface area contributed by atoms with Gasteiger partial charge in [-0.2, -0.15) is 13.2 Å². The van der Waals surface area contributed by atoms with Crippen LogP contribution in [-0.2, 0) is 15.7 Å². The molecule has 0 N–H and O–H groups in total. The number of allylic oxidation sites excluding steroid dienone is 1. The van der Waals surface area contributed by atoms with Crippen LogP contribution in [0.25, 0.3) is 6.08 Å². The van der Waals surface area contributed by atoms with Crippen LogP contribution in [0, 0.1) is 0 Å². The predicted octanol–water partition coefficient (Wildman–Crippen LogP) is 3.83. The van der Waals surface area contributed by atoms with Crippen molar-refractivity contribution in [2.75, 3.05) is 7.11 Å². The van der Waals surface area contributed by atoms with E-state index in [9.17, 15) is 13.2 Å². The zero-order valence-corrected chi connectivity index (χ0v) is 9.83. The Morgan fingerprint density at radius 2 is 1.94 bits per heavy atom. The van der Waals surface area contributed by atoms with Gasteiger partial charge in [-0.05, 0) is 23.8 Å². The maximum absolute atomic E-state index is 12.4. The number of hydrogen-bond acceptors (Lipinski definition) is 2. The topological polar surface area (TPSA) is 18.5 Å². The van der Waals surface area contributed by atoms with Crippen LogP contribution >= 0.6 is 0 Å². The van der Waals surface area contributed by atoms with E-state index in [-0.39, 0.29) is 6.29 Å². The molecule has 0 saturated carbocycles. The zero-order chi connectivity index (χ0) is 13.2. The molecule has 18 heavy (non-hydrogen) atoms. The highest BCUT2D eigenvalue weighted by atomic mass is 19.4. The lowest BCUT2D eigenvalue weighted by Crippen LogP contribution is -2.05. The summed E-state index contributed by atoms with van der Waals surface area (Å²) in [5, 5.41) is 0. The van der Waals surface area contributed by atoms with Gasteiger partial charge in [0.15, 0.2) is 6.29 Å². The van der Waals surface area contributed by atoms with E-state index in [0.29, 0.717) is 5.56 Å². The van der Waals surface area contributed by atoms with Crippen LogP contribution < -0.4 is 0 Å². The SMILES string of the molecule is COC1CC/C(=C/c2ccc(C(F)(F)F)cc2)O1. The summed E-state index contributed by atoms with van der Waals surface area (Å²) in [6, 6.07) is 4.99. The van der Waals surface area contributed by atoms with E-state index in [2.05, 4.69) is 0 Å². The van der Waals surface area contributed by atoms with Crippen molar-refractivity contribution < 1.29 is 22.6 Å². The molecule has 0 aromatic heterocycles. The van der Waals surface area contributed by atoms with Crippen LogP contribution in [0.2, 0.25) is 0 Å². The monoisotopic (exact) mass is 258 g/mol. The highest BCUT2D eigenvalue weighted by Crippen LogP contribution is 2.30. The Morgan fingerprint density at radius 3 is 2.44 bits per heavy atom. The second-order valence-corrected chi connectivity index (χ2v) is 4.05. The fourth-order valence-electron chi connectivity index (χ4n) is 1.77. The highest BCUT2D eigenvalue weighted by molar-refractivity contribution is 5.52. The molecule has 1 unspecified atom stereocenters. The Balaban J connectivity index is 2.09. The van der Waals surface area contributed by atoms with Crippen LogP contribution in [0.5, 0.6) is 0 Å². The van der Waals surface area contributed by atoms with E-state index in [1.54, 1.807) is 13.2 Å². The number of alkyl halides is 3. The fraction of sp³-hybridized carbons (Fsp3) is 0.385. The van der Waals surface area contributed by atoms with Crippen molar-refractivity contribution in [3.8, 4) is 0 Å². The molecular weight excluding hydrogens is 245 g/mol. The maximum atomic E-state index is 12.4. The lowest BCUT2D eigenvalue weighted by Gasteiger charge is -2.08. The van der Waals surface area contributed by atoms with E-state index < -0.39 is 11.7 Å². The molecule has 0 radical (unpaired) electrons. The van der Waals surface area contributed by atoms with Crippen LogP contribution in [0.4, 0.5) is 13.2 Å². The molecule has 0 aliphatic carbocycles. The van der Waals surface area contributed by atoms with Crippen molar-refractivity contribution in [2.24, 2.45) is 0 Å². The first-order valence-electron chi connectivity index (χ1n) is 5.56. The summed E-state index contributed by atoms with van der Waals surface area (Å²) < 4.78 is 47.6. The van der Waals surface area contributed by atoms with Gasteiger partial charge in [-0.15, -0.1) is 0 Å². The van der Waals surface area contributed by atoms with Crippen molar-refractivity contribution >= 4 is 6.08 Å². The van der Waals surface area contributed by atoms with E-state index in [4.69, 9.17) is 9.47 Å². The molecule has 0 bridgehead atoms. The average molecular weight is 258 g/mol. The molecule has 1 fully saturated rings. The molecule has 1 atom stereocenters. The zero-order valence-electron chi connectivity index (χ0n) is 9.83. The summed E-state index contributed by atoms with van der Waals surface area (Å²) in [5.41, 5.74) is 0.0431. The molecule has 98 valence electrons. The van der Waals surface area contributed by atoms with Crippen LogP contribution in [0.1, 0.15) is 24.0 Å². The van der Waals surface area contributed by atoms with Crippen molar-refractivity contribution in [3.05, 3.63) is 41.2 Å². The van der Waals surface area contributed by atoms with Crippen molar-refractivity contribution in [3.63, 3.8) is 0 Å². The van der Waals surface area contributed by atoms with Gasteiger partial charge in [-0.1, -0.05) is 12.1 Å². The highest BCUT2D eigenvalue weighted by Gasteiger charge is 2.29. The number of ether oxygens (including phenoxy) is 2. The summed E-state index contributed by atoms with van der Waals surface area (Å²) in [7, 11) is 1.56. The lowest BCUT2D eigenvalue weighted by atomic mass is 10.1. The quantitative estimate of drug-likeness (QED) is 0.802. The third-order valence-electron chi connectivity index (χ3n) is 2.74. The molecule has 1 aromatic rings. The first-order valence-corrected chi connectivity index (χ1v) is 5.56. The summed E-state index contributed by atoms with van der Waals surface area (Å²) in [6.07, 6.45) is -1.30. The van der Waals surface area contributed by atoms with Gasteiger partial charge in [0, 0.05) is 20.0 Å². The number of benzene rings is 1. The van der Waals surface area contributed by atoms with E-state index >= 15 is 0 Å². The normalized spacial score (nSPS) is 22.2. The Bertz CT molecular complexity index is 435. The minimum Gasteiger partial charge on any atom is -0.469 e. The van der Waals surface area contributed by atoms with Crippen molar-refractivity contribution in [1.29, 1.82) is 0 Å². The van der Waals surface area contributed by atoms with Crippen molar-refractivity contribution in [2.45, 2.75) is 25.3 Å². The second-order valence-electron chi connectivity index (χ2n) is 4.05. The van der Waals surface area contributed by atoms with Gasteiger partial charge >= 0.3 is 6.18 Å². The molecule has 0 spiro atoms. The van der Waals surface area contributed by atoms with Crippen LogP contribution in [0.3, 0.4) is 0 Å². The van der Waals surface area contributed by atoms with Crippen LogP contribution in [0.15, 0.2) is 30.0 Å². The van der Waals surface area contributed by atoms with E-state index in [1.165, 1.54) is 12.1 Å². The van der Waals surface area contributed by atoms with E-state index in [1.807, 2.05) is 0 Å². The third kappa shape index (κ3) is 3.04. The number of hydrogen-bond donors (Lipinski definition) is 0. The molecule has 2 nitrogen and oxygen atoms in total. The minimum atomic E-state index is -4.29. The van der Waals surface area contributed by atoms with E-state index in [0.717, 1.165) is 30.7 Å². The van der Waals surface area contributed by atoms with Gasteiger partial charge in [-0.25, -0.2) is 0 Å². The molecule has 1 heterocycles. The number of rotatable bonds is 2. The van der Waals surface area contributed by atoms with Gasteiger partial charge in [0.2, 0.25) is 0 Å². The summed E-state index contributed by atoms with van der Waals surface area (Å²) in [5.74, 6) is 0.738. The van der Waals surface area contributed by atoms with Gasteiger partial charge in [-0.3, -0.25) is 0 Å². The average Bonchev–Trinajstić information content (AvgIpc) is 2.76. The number of halogens is 3. The first-order chi connectivity index (χ1) is 8.49. The Kier molecular flexibility index (Phi) is 3.61. The third-order valence-corrected chi connectivity index (χ3v) is 2.74. The molecule has 0 amide bonds. The first kappa shape index (κ1) is 13.0. The minimum absolute atomic E-state index is 0.245. The Morgan fingerprint density at radius 1 is 1.28 bits per heavy atom. The fourth-order valence-corrected chi connectivity index (χ4v) is 1.77. The lowest BCUT2D eigenvalue weighted by molar-refractivity contribution is -0.137. The van der Waals surface area contributed by atoms with Gasteiger partial charge in [0.1, 0.15) is 5.76 Å². The van der Waals surface area contributed by atoms with Gasteiger partial charge in [0.25, 0.3) is 0 Å². The van der Waals surface area contributed by atoms with Crippen LogP contribution in [-0.4, -0.2) is 13.4 Å². The van der Waals surface area contributed by atoms with Crippen molar-refractivity contribution in [1.82, 2.24) is 0 Å². The molecular formula is C13H13F3O2. The van der Waals surface area contributed by atoms with Gasteiger partial charge < -0.3 is 9.47 Å². The predicted molar refractivity (Wildman–Crippen MR) is 60.5 cm³/mol. The summed E-state index contributed by atoms with van der Waals surface area (Å²) in [4.78, 5) is 0. The number of methoxy groups -OCH3 is 1. The molecule has 1 aliphatic heterocycles. The molecule has 1 aliphatic rings. The smallest absolute Gasteiger partial charge is 0.416 e. The second kappa shape index (κ2) is 5.02. The molecule has 1 saturated heterocycles. The maximum Gasteiger partial charge on any atom is 0.416 e. The molecule has 5 heteroatoms. The standard InChI is InChI=1S/C13H13F3O2/c1-17-12-7-6-11(18-12)8-9-2-4-10(5-3-9)13(14,15)16/h2-5,8,12H,6-7H2,1H3/b11-8-. The van der Waals surface area contributed by atoms with Gasteiger partial charge in [0.05, 0.1) is 5.56 Å². The Hall–Kier alpha value is -1.49. The Labute approximate surface area is 103 Å². The summed E-state index contributed by atoms with van der Waals surface area (Å²) in [6.45, 7) is 0. The summed E-state index contributed by atoms with van der Waals surface area (Å²) >= 11 is 0. The largest absolute Gasteiger partial charge is 0.469 e. The molecule has 1 aromatic carbocycles. The molecule has 2 rings (SSSR count).